The smallest absolute Gasteiger partial charge is 0.338 e. The number of ether oxygens (including phenoxy) is 3. The van der Waals surface area contributed by atoms with Crippen LogP contribution >= 0.6 is 23.4 Å². The van der Waals surface area contributed by atoms with Crippen LogP contribution in [0.2, 0.25) is 5.02 Å². The van der Waals surface area contributed by atoms with Gasteiger partial charge in [-0.3, -0.25) is 4.79 Å². The molecule has 1 fully saturated rings. The third kappa shape index (κ3) is 5.66. The maximum atomic E-state index is 13.1. The molecule has 0 aliphatic carbocycles. The summed E-state index contributed by atoms with van der Waals surface area (Å²) in [5.41, 5.74) is 2.63. The predicted octanol–water partition coefficient (Wildman–Crippen LogP) is 3.79. The molecule has 2 atom stereocenters. The highest BCUT2D eigenvalue weighted by atomic mass is 35.5. The highest BCUT2D eigenvalue weighted by Gasteiger charge is 2.41. The molecule has 4 rings (SSSR count). The van der Waals surface area contributed by atoms with Crippen LogP contribution in [0.1, 0.15) is 37.8 Å². The van der Waals surface area contributed by atoms with Gasteiger partial charge in [0, 0.05) is 31.0 Å². The molecule has 182 valence electrons. The molecule has 1 aromatic carbocycles. The van der Waals surface area contributed by atoms with E-state index < -0.39 is 12.0 Å². The first kappa shape index (κ1) is 24.8. The van der Waals surface area contributed by atoms with E-state index in [1.54, 1.807) is 26.2 Å². The number of carbonyl (C=O) groups excluding carboxylic acids is 2. The van der Waals surface area contributed by atoms with Crippen LogP contribution in [0.25, 0.3) is 0 Å². The summed E-state index contributed by atoms with van der Waals surface area (Å²) in [5.74, 6) is -0.565. The number of carbonyl (C=O) groups is 2. The first-order chi connectivity index (χ1) is 16.5. The molecular weight excluding hydrogens is 478 g/mol. The van der Waals surface area contributed by atoms with Gasteiger partial charge in [-0.15, -0.1) is 0 Å². The van der Waals surface area contributed by atoms with Crippen molar-refractivity contribution in [1.82, 2.24) is 10.2 Å². The summed E-state index contributed by atoms with van der Waals surface area (Å²) >= 11 is 7.56. The lowest BCUT2D eigenvalue weighted by molar-refractivity contribution is -0.141. The molecule has 10 heteroatoms. The van der Waals surface area contributed by atoms with E-state index in [0.29, 0.717) is 34.6 Å². The van der Waals surface area contributed by atoms with Crippen LogP contribution in [0.15, 0.2) is 51.6 Å². The lowest BCUT2D eigenvalue weighted by Gasteiger charge is -2.36. The number of allylic oxidation sites excluding steroid dienone is 1. The van der Waals surface area contributed by atoms with E-state index in [1.807, 2.05) is 22.4 Å². The normalized spacial score (nSPS) is 21.8. The minimum Gasteiger partial charge on any atom is -0.460 e. The molecule has 0 aromatic heterocycles. The zero-order valence-electron chi connectivity index (χ0n) is 19.2. The Morgan fingerprint density at radius 1 is 1.29 bits per heavy atom. The average molecular weight is 506 g/mol. The Balaban J connectivity index is 1.57. The Morgan fingerprint density at radius 2 is 2.09 bits per heavy atom. The molecule has 0 saturated carbocycles. The first-order valence-electron chi connectivity index (χ1n) is 11.2. The van der Waals surface area contributed by atoms with Gasteiger partial charge in [-0.05, 0) is 42.9 Å². The Morgan fingerprint density at radius 3 is 2.79 bits per heavy atom. The average Bonchev–Trinajstić information content (AvgIpc) is 3.48. The van der Waals surface area contributed by atoms with Crippen molar-refractivity contribution < 1.29 is 23.8 Å². The van der Waals surface area contributed by atoms with Crippen LogP contribution in [0.4, 0.5) is 0 Å². The SMILES string of the molecule is COCCOC(=O)C1=C(C)N=C2SC=C(CC(=O)NC[C@H]3CCCO3)N2[C@H]1c1ccc(Cl)cc1. The van der Waals surface area contributed by atoms with Gasteiger partial charge in [0.05, 0.1) is 36.4 Å². The minimum atomic E-state index is -0.493. The molecule has 0 unspecified atom stereocenters. The number of hydrogen-bond donors (Lipinski definition) is 1. The van der Waals surface area contributed by atoms with Crippen LogP contribution in [-0.2, 0) is 23.8 Å². The van der Waals surface area contributed by atoms with Crippen LogP contribution in [-0.4, -0.2) is 61.5 Å². The zero-order valence-corrected chi connectivity index (χ0v) is 20.8. The molecule has 8 nitrogen and oxygen atoms in total. The van der Waals surface area contributed by atoms with Gasteiger partial charge in [0.15, 0.2) is 5.17 Å². The van der Waals surface area contributed by atoms with E-state index in [1.165, 1.54) is 11.8 Å². The number of halogens is 1. The van der Waals surface area contributed by atoms with Crippen molar-refractivity contribution in [2.45, 2.75) is 38.3 Å². The lowest BCUT2D eigenvalue weighted by atomic mass is 9.94. The summed E-state index contributed by atoms with van der Waals surface area (Å²) < 4.78 is 16.1. The largest absolute Gasteiger partial charge is 0.460 e. The van der Waals surface area contributed by atoms with Gasteiger partial charge >= 0.3 is 5.97 Å². The van der Waals surface area contributed by atoms with Crippen molar-refractivity contribution in [3.05, 3.63) is 57.2 Å². The standard InChI is InChI=1S/C24H28ClN3O5S/c1-15-21(23(30)33-11-10-31-2)22(16-5-7-17(25)8-6-16)28-18(14-34-24(28)27-15)12-20(29)26-13-19-4-3-9-32-19/h5-8,14,19,22H,3-4,9-13H2,1-2H3,(H,26,29)/t19-,22+/m1/s1. The highest BCUT2D eigenvalue weighted by Crippen LogP contribution is 2.45. The summed E-state index contributed by atoms with van der Waals surface area (Å²) in [6.07, 6.45) is 2.21. The number of amides is 1. The van der Waals surface area contributed by atoms with E-state index in [2.05, 4.69) is 10.3 Å². The quantitative estimate of drug-likeness (QED) is 0.403. The van der Waals surface area contributed by atoms with Gasteiger partial charge in [0.1, 0.15) is 6.61 Å². The van der Waals surface area contributed by atoms with E-state index in [9.17, 15) is 9.59 Å². The molecule has 3 aliphatic rings. The summed E-state index contributed by atoms with van der Waals surface area (Å²) in [5, 5.41) is 6.20. The van der Waals surface area contributed by atoms with Gasteiger partial charge < -0.3 is 24.4 Å². The molecule has 0 spiro atoms. The molecule has 3 heterocycles. The third-order valence-electron chi connectivity index (χ3n) is 5.82. The van der Waals surface area contributed by atoms with Crippen molar-refractivity contribution >= 4 is 40.4 Å². The number of fused-ring (bicyclic) bond motifs is 1. The maximum Gasteiger partial charge on any atom is 0.338 e. The fourth-order valence-electron chi connectivity index (χ4n) is 4.15. The van der Waals surface area contributed by atoms with E-state index in [0.717, 1.165) is 30.7 Å². The number of esters is 1. The fourth-order valence-corrected chi connectivity index (χ4v) is 5.24. The van der Waals surface area contributed by atoms with Crippen molar-refractivity contribution in [3.8, 4) is 0 Å². The Bertz CT molecular complexity index is 1020. The number of aliphatic imine (C=N–C) groups is 1. The predicted molar refractivity (Wildman–Crippen MR) is 131 cm³/mol. The summed E-state index contributed by atoms with van der Waals surface area (Å²) in [6.45, 7) is 3.48. The number of thioether (sulfide) groups is 1. The Hall–Kier alpha value is -2.33. The van der Waals surface area contributed by atoms with Gasteiger partial charge in [-0.1, -0.05) is 35.5 Å². The second-order valence-corrected chi connectivity index (χ2v) is 9.46. The topological polar surface area (TPSA) is 89.5 Å². The van der Waals surface area contributed by atoms with Gasteiger partial charge in [0.25, 0.3) is 0 Å². The molecule has 1 saturated heterocycles. The molecule has 1 N–H and O–H groups in total. The second kappa shape index (κ2) is 11.4. The lowest BCUT2D eigenvalue weighted by Crippen LogP contribution is -2.39. The molecular formula is C24H28ClN3O5S. The summed E-state index contributed by atoms with van der Waals surface area (Å²) in [6, 6.07) is 6.83. The number of benzene rings is 1. The number of nitrogens with one attached hydrogen (secondary N) is 1. The van der Waals surface area contributed by atoms with Gasteiger partial charge in [-0.2, -0.15) is 0 Å². The van der Waals surface area contributed by atoms with Crippen molar-refractivity contribution in [2.75, 3.05) is 33.5 Å². The van der Waals surface area contributed by atoms with Gasteiger partial charge in [0.2, 0.25) is 5.91 Å². The van der Waals surface area contributed by atoms with Crippen LogP contribution in [0, 0.1) is 0 Å². The molecule has 0 radical (unpaired) electrons. The van der Waals surface area contributed by atoms with Gasteiger partial charge in [-0.25, -0.2) is 9.79 Å². The Labute approximate surface area is 208 Å². The van der Waals surface area contributed by atoms with E-state index >= 15 is 0 Å². The zero-order chi connectivity index (χ0) is 24.1. The second-order valence-electron chi connectivity index (χ2n) is 8.19. The third-order valence-corrected chi connectivity index (χ3v) is 6.96. The monoisotopic (exact) mass is 505 g/mol. The molecule has 1 amide bonds. The molecule has 3 aliphatic heterocycles. The van der Waals surface area contributed by atoms with Crippen LogP contribution in [0.5, 0.6) is 0 Å². The number of hydrogen-bond acceptors (Lipinski definition) is 8. The fraction of sp³-hybridized carbons (Fsp3) is 0.458. The van der Waals surface area contributed by atoms with E-state index in [4.69, 9.17) is 25.8 Å². The summed E-state index contributed by atoms with van der Waals surface area (Å²) in [4.78, 5) is 32.5. The number of methoxy groups -OCH3 is 1. The molecule has 1 aromatic rings. The molecule has 0 bridgehead atoms. The van der Waals surface area contributed by atoms with Crippen molar-refractivity contribution in [3.63, 3.8) is 0 Å². The maximum absolute atomic E-state index is 13.1. The van der Waals surface area contributed by atoms with Crippen molar-refractivity contribution in [1.29, 1.82) is 0 Å². The number of amidine groups is 1. The number of rotatable bonds is 9. The first-order valence-corrected chi connectivity index (χ1v) is 12.5. The highest BCUT2D eigenvalue weighted by molar-refractivity contribution is 8.16. The van der Waals surface area contributed by atoms with Crippen LogP contribution in [0.3, 0.4) is 0 Å². The van der Waals surface area contributed by atoms with E-state index in [-0.39, 0.29) is 25.0 Å². The van der Waals surface area contributed by atoms with Crippen LogP contribution < -0.4 is 5.32 Å². The summed E-state index contributed by atoms with van der Waals surface area (Å²) in [7, 11) is 1.55. The Kier molecular flexibility index (Phi) is 8.31. The number of nitrogens with zero attached hydrogens (tertiary/aromatic N) is 2. The molecule has 34 heavy (non-hydrogen) atoms. The van der Waals surface area contributed by atoms with Crippen molar-refractivity contribution in [2.24, 2.45) is 4.99 Å². The minimum absolute atomic E-state index is 0.0730.